The fraction of sp³-hybridized carbons (Fsp3) is 0.200. The van der Waals surface area contributed by atoms with Crippen molar-refractivity contribution in [2.24, 2.45) is 0 Å². The molecule has 1 unspecified atom stereocenters. The van der Waals surface area contributed by atoms with Crippen molar-refractivity contribution in [1.29, 1.82) is 0 Å². The number of amides is 1. The molecule has 0 saturated heterocycles. The molecule has 4 aromatic rings. The number of nitrogens with two attached hydrogens (primary N) is 1. The maximum atomic E-state index is 14.9. The molecule has 13 heteroatoms. The van der Waals surface area contributed by atoms with Crippen LogP contribution in [0.3, 0.4) is 0 Å². The Morgan fingerprint density at radius 3 is 2.49 bits per heavy atom. The third-order valence-corrected chi connectivity index (χ3v) is 7.18. The van der Waals surface area contributed by atoms with Gasteiger partial charge in [0.05, 0.1) is 17.6 Å². The first-order valence-corrected chi connectivity index (χ1v) is 14.3. The zero-order valence-electron chi connectivity index (χ0n) is 23.9. The topological polar surface area (TPSA) is 133 Å². The van der Waals surface area contributed by atoms with E-state index in [1.165, 1.54) is 46.8 Å². The van der Waals surface area contributed by atoms with E-state index >= 15 is 0 Å². The first-order valence-electron chi connectivity index (χ1n) is 13.3. The van der Waals surface area contributed by atoms with Crippen LogP contribution in [0.15, 0.2) is 81.6 Å². The molecule has 0 spiro atoms. The number of nitrogen functional groups attached to an aromatic ring is 1. The summed E-state index contributed by atoms with van der Waals surface area (Å²) in [4.78, 5) is 43.9. The van der Waals surface area contributed by atoms with Gasteiger partial charge < -0.3 is 21.1 Å². The molecule has 43 heavy (non-hydrogen) atoms. The maximum absolute atomic E-state index is 14.9. The van der Waals surface area contributed by atoms with Crippen LogP contribution in [0.5, 0.6) is 11.5 Å². The zero-order valence-corrected chi connectivity index (χ0v) is 24.7. The second-order valence-corrected chi connectivity index (χ2v) is 10.4. The summed E-state index contributed by atoms with van der Waals surface area (Å²) in [6.07, 6.45) is 2.59. The van der Waals surface area contributed by atoms with Crippen LogP contribution in [0.4, 0.5) is 20.3 Å². The molecule has 224 valence electrons. The number of aromatic nitrogens is 3. The summed E-state index contributed by atoms with van der Waals surface area (Å²) in [7, 11) is 0. The third kappa shape index (κ3) is 6.95. The van der Waals surface area contributed by atoms with Crippen molar-refractivity contribution in [2.75, 3.05) is 11.1 Å². The van der Waals surface area contributed by atoms with Gasteiger partial charge in [-0.25, -0.2) is 23.1 Å². The van der Waals surface area contributed by atoms with Gasteiger partial charge in [0.15, 0.2) is 11.6 Å². The Balaban J connectivity index is 0.00000207. The molecule has 10 nitrogen and oxygen atoms in total. The van der Waals surface area contributed by atoms with Crippen LogP contribution in [-0.2, 0) is 6.54 Å². The summed E-state index contributed by atoms with van der Waals surface area (Å²) in [5.41, 5.74) is 5.14. The lowest BCUT2D eigenvalue weighted by Crippen LogP contribution is -2.43. The average Bonchev–Trinajstić information content (AvgIpc) is 3.40. The van der Waals surface area contributed by atoms with Gasteiger partial charge in [0, 0.05) is 35.4 Å². The minimum Gasteiger partial charge on any atom is -0.454 e. The first kappa shape index (κ1) is 31.0. The highest BCUT2D eigenvalue weighted by Crippen LogP contribution is 2.30. The lowest BCUT2D eigenvalue weighted by molar-refractivity contribution is 0.102. The summed E-state index contributed by atoms with van der Waals surface area (Å²) in [5.74, 6) is -1.77. The molecule has 1 atom stereocenters. The number of pyridine rings is 1. The number of carbonyl (C=O) groups is 1. The van der Waals surface area contributed by atoms with E-state index in [-0.39, 0.29) is 40.4 Å². The molecule has 0 bridgehead atoms. The highest BCUT2D eigenvalue weighted by molar-refractivity contribution is 8.02. The molecule has 1 aliphatic rings. The quantitative estimate of drug-likeness (QED) is 0.262. The van der Waals surface area contributed by atoms with E-state index in [1.807, 2.05) is 26.2 Å². The minimum atomic E-state index is -0.919. The molecule has 0 saturated carbocycles. The third-order valence-electron chi connectivity index (χ3n) is 6.23. The Labute approximate surface area is 250 Å². The number of allylic oxidation sites excluding steroid dienone is 1. The Morgan fingerprint density at radius 1 is 1.12 bits per heavy atom. The summed E-state index contributed by atoms with van der Waals surface area (Å²) < 4.78 is 36.1. The van der Waals surface area contributed by atoms with E-state index in [1.54, 1.807) is 13.0 Å². The number of nitrogens with one attached hydrogen (secondary N) is 2. The van der Waals surface area contributed by atoms with Gasteiger partial charge in [-0.15, -0.1) is 11.8 Å². The van der Waals surface area contributed by atoms with E-state index in [0.29, 0.717) is 17.0 Å². The minimum absolute atomic E-state index is 0.0432. The monoisotopic (exact) mass is 608 g/mol. The van der Waals surface area contributed by atoms with Crippen LogP contribution < -0.4 is 32.4 Å². The number of benzene rings is 2. The molecule has 0 radical (unpaired) electrons. The number of halogens is 2. The summed E-state index contributed by atoms with van der Waals surface area (Å²) in [6, 6.07) is 10.0. The molecular weight excluding hydrogens is 578 g/mol. The maximum Gasteiger partial charge on any atom is 0.336 e. The molecule has 0 aliphatic carbocycles. The van der Waals surface area contributed by atoms with E-state index in [4.69, 9.17) is 10.5 Å². The van der Waals surface area contributed by atoms with Crippen LogP contribution in [0.2, 0.25) is 0 Å². The normalized spacial score (nSPS) is 13.8. The lowest BCUT2D eigenvalue weighted by atomic mass is 10.2. The number of ether oxygens (including phenoxy) is 1. The Morgan fingerprint density at radius 2 is 1.84 bits per heavy atom. The van der Waals surface area contributed by atoms with E-state index in [0.717, 1.165) is 29.0 Å². The molecule has 2 aromatic carbocycles. The van der Waals surface area contributed by atoms with Crippen molar-refractivity contribution >= 4 is 29.2 Å². The van der Waals surface area contributed by atoms with Crippen molar-refractivity contribution < 1.29 is 18.3 Å². The van der Waals surface area contributed by atoms with E-state index in [9.17, 15) is 23.2 Å². The number of rotatable bonds is 7. The van der Waals surface area contributed by atoms with Crippen LogP contribution in [0, 0.1) is 18.6 Å². The van der Waals surface area contributed by atoms with Gasteiger partial charge >= 0.3 is 5.69 Å². The molecule has 4 N–H and O–H groups in total. The average molecular weight is 609 g/mol. The number of hydrogen-bond donors (Lipinski definition) is 3. The standard InChI is InChI=1S/C28H24F2N6O4S.C2H6/c1-15-23(9-10-32-25(15)31)40-24-8-5-18(11-22(24)30)34-26(37)21-13-35(12-19-14-41-16(2)33-19)28(39)36(27(21)38)20-6-3-17(29)4-7-20;1-2/h3-11,13-14,16,33H,12H2,1-2H3,(H2,31,32)(H,34,37);1-2H3. The van der Waals surface area contributed by atoms with E-state index < -0.39 is 28.8 Å². The summed E-state index contributed by atoms with van der Waals surface area (Å²) in [6.45, 7) is 7.68. The SMILES string of the molecule is CC.Cc1c(Oc2ccc(NC(=O)c3cn(CC4=CSC(C)N4)c(=O)n(-c4ccc(F)cc4)c3=O)cc2F)ccnc1N. The lowest BCUT2D eigenvalue weighted by Gasteiger charge is -2.15. The van der Waals surface area contributed by atoms with Gasteiger partial charge in [-0.1, -0.05) is 13.8 Å². The van der Waals surface area contributed by atoms with Crippen LogP contribution in [0.25, 0.3) is 5.69 Å². The van der Waals surface area contributed by atoms with Gasteiger partial charge in [0.2, 0.25) is 0 Å². The molecule has 2 aromatic heterocycles. The fourth-order valence-corrected chi connectivity index (χ4v) is 4.82. The number of hydrogen-bond acceptors (Lipinski definition) is 8. The number of anilines is 2. The van der Waals surface area contributed by atoms with Crippen molar-refractivity contribution in [3.8, 4) is 17.2 Å². The fourth-order valence-electron chi connectivity index (χ4n) is 4.09. The largest absolute Gasteiger partial charge is 0.454 e. The Kier molecular flexibility index (Phi) is 9.66. The second-order valence-electron chi connectivity index (χ2n) is 9.16. The molecular formula is C30H30F2N6O4S. The number of carbonyl (C=O) groups excluding carboxylic acids is 1. The molecule has 3 heterocycles. The second kappa shape index (κ2) is 13.4. The van der Waals surface area contributed by atoms with Crippen molar-refractivity contribution in [3.63, 3.8) is 0 Å². The van der Waals surface area contributed by atoms with Crippen LogP contribution in [-0.4, -0.2) is 25.4 Å². The smallest absolute Gasteiger partial charge is 0.336 e. The van der Waals surface area contributed by atoms with E-state index in [2.05, 4.69) is 15.6 Å². The first-order chi connectivity index (χ1) is 20.6. The Hall–Kier alpha value is -4.91. The predicted molar refractivity (Wildman–Crippen MR) is 164 cm³/mol. The summed E-state index contributed by atoms with van der Waals surface area (Å²) in [5, 5.41) is 7.63. The molecule has 1 amide bonds. The number of nitrogens with zero attached hydrogens (tertiary/aromatic N) is 3. The van der Waals surface area contributed by atoms with Gasteiger partial charge in [-0.2, -0.15) is 0 Å². The highest BCUT2D eigenvalue weighted by atomic mass is 32.2. The van der Waals surface area contributed by atoms with Crippen molar-refractivity contribution in [1.82, 2.24) is 19.4 Å². The Bertz CT molecular complexity index is 1800. The van der Waals surface area contributed by atoms with Crippen molar-refractivity contribution in [3.05, 3.63) is 116 Å². The van der Waals surface area contributed by atoms with Crippen LogP contribution >= 0.6 is 11.8 Å². The molecule has 5 rings (SSSR count). The van der Waals surface area contributed by atoms with Gasteiger partial charge in [0.1, 0.15) is 22.9 Å². The van der Waals surface area contributed by atoms with Crippen molar-refractivity contribution in [2.45, 2.75) is 39.6 Å². The zero-order chi connectivity index (χ0) is 31.3. The van der Waals surface area contributed by atoms with Crippen LogP contribution in [0.1, 0.15) is 36.7 Å². The van der Waals surface area contributed by atoms with Gasteiger partial charge in [0.25, 0.3) is 11.5 Å². The summed E-state index contributed by atoms with van der Waals surface area (Å²) >= 11 is 1.52. The highest BCUT2D eigenvalue weighted by Gasteiger charge is 2.21. The number of thioether (sulfide) groups is 1. The molecule has 0 fully saturated rings. The van der Waals surface area contributed by atoms with Gasteiger partial charge in [-0.05, 0) is 61.7 Å². The predicted octanol–water partition coefficient (Wildman–Crippen LogP) is 5.16. The van der Waals surface area contributed by atoms with Gasteiger partial charge in [-0.3, -0.25) is 14.2 Å². The molecule has 1 aliphatic heterocycles.